The highest BCUT2D eigenvalue weighted by Crippen LogP contribution is 2.25. The number of nitrogens with one attached hydrogen (secondary N) is 2. The number of para-hydroxylation sites is 1. The summed E-state index contributed by atoms with van der Waals surface area (Å²) in [4.78, 5) is 13.2. The van der Waals surface area contributed by atoms with Gasteiger partial charge in [0, 0.05) is 5.69 Å². The van der Waals surface area contributed by atoms with Crippen molar-refractivity contribution in [3.8, 4) is 0 Å². The van der Waals surface area contributed by atoms with Gasteiger partial charge in [-0.15, -0.1) is 0 Å². The maximum atomic E-state index is 13.2. The molecule has 3 rings (SSSR count). The molecule has 0 radical (unpaired) electrons. The predicted molar refractivity (Wildman–Crippen MR) is 124 cm³/mol. The molecule has 0 bridgehead atoms. The Morgan fingerprint density at radius 1 is 0.793 bits per heavy atom. The number of amides is 1. The Morgan fingerprint density at radius 3 is 1.72 bits per heavy atom. The van der Waals surface area contributed by atoms with Crippen LogP contribution in [0.5, 0.6) is 0 Å². The van der Waals surface area contributed by atoms with Crippen LogP contribution in [-0.2, 0) is 17.6 Å². The van der Waals surface area contributed by atoms with Crippen molar-refractivity contribution < 1.29 is 4.79 Å². The summed E-state index contributed by atoms with van der Waals surface area (Å²) in [6.45, 7) is 4.23. The van der Waals surface area contributed by atoms with Crippen molar-refractivity contribution in [2.45, 2.75) is 32.6 Å². The molecule has 0 spiro atoms. The van der Waals surface area contributed by atoms with Gasteiger partial charge in [-0.3, -0.25) is 4.79 Å². The number of carbonyl (C=O) groups excluding carboxylic acids is 1. The molecule has 0 aliphatic rings. The zero-order chi connectivity index (χ0) is 20.6. The summed E-state index contributed by atoms with van der Waals surface area (Å²) in [5, 5.41) is 6.50. The molecule has 0 saturated carbocycles. The summed E-state index contributed by atoms with van der Waals surface area (Å²) < 4.78 is 0. The topological polar surface area (TPSA) is 41.1 Å². The van der Waals surface area contributed by atoms with Crippen molar-refractivity contribution in [3.05, 3.63) is 101 Å². The van der Waals surface area contributed by atoms with Crippen molar-refractivity contribution in [2.75, 3.05) is 5.32 Å². The van der Waals surface area contributed by atoms with Crippen LogP contribution in [0.1, 0.15) is 42.0 Å². The fourth-order valence-corrected chi connectivity index (χ4v) is 3.72. The smallest absolute Gasteiger partial charge is 0.238 e. The molecule has 3 aromatic carbocycles. The fraction of sp³-hybridized carbons (Fsp3) is 0.200. The number of aryl methyl sites for hydroxylation is 2. The van der Waals surface area contributed by atoms with Crippen LogP contribution in [0.2, 0.25) is 0 Å². The molecule has 0 heterocycles. The van der Waals surface area contributed by atoms with Gasteiger partial charge in [-0.2, -0.15) is 0 Å². The van der Waals surface area contributed by atoms with Crippen molar-refractivity contribution in [1.29, 1.82) is 0 Å². The van der Waals surface area contributed by atoms with Gasteiger partial charge in [0.25, 0.3) is 0 Å². The van der Waals surface area contributed by atoms with E-state index in [1.165, 1.54) is 11.1 Å². The standard InChI is InChI=1S/C25H26N2OS/c1-3-18-16-11-17-19(4-2)23(18)26-25(29)27-24(28)22(20-12-7-5-8-13-20)21-14-9-6-10-15-21/h5-17,22H,3-4H2,1-2H3,(H2,26,27,28,29). The van der Waals surface area contributed by atoms with Gasteiger partial charge in [-0.25, -0.2) is 0 Å². The third-order valence-corrected chi connectivity index (χ3v) is 5.21. The molecule has 0 fully saturated rings. The van der Waals surface area contributed by atoms with Crippen molar-refractivity contribution in [1.82, 2.24) is 5.32 Å². The number of carbonyl (C=O) groups is 1. The zero-order valence-corrected chi connectivity index (χ0v) is 17.6. The van der Waals surface area contributed by atoms with Crippen molar-refractivity contribution >= 4 is 28.9 Å². The van der Waals surface area contributed by atoms with Gasteiger partial charge >= 0.3 is 0 Å². The molecule has 1 amide bonds. The monoisotopic (exact) mass is 402 g/mol. The van der Waals surface area contributed by atoms with Crippen LogP contribution in [0.15, 0.2) is 78.9 Å². The summed E-state index contributed by atoms with van der Waals surface area (Å²) in [5.41, 5.74) is 5.23. The van der Waals surface area contributed by atoms with Crippen LogP contribution in [0.25, 0.3) is 0 Å². The third-order valence-electron chi connectivity index (χ3n) is 5.00. The van der Waals surface area contributed by atoms with E-state index < -0.39 is 5.92 Å². The van der Waals surface area contributed by atoms with E-state index in [-0.39, 0.29) is 5.91 Å². The van der Waals surface area contributed by atoms with Crippen LogP contribution in [0.3, 0.4) is 0 Å². The quantitative estimate of drug-likeness (QED) is 0.538. The highest BCUT2D eigenvalue weighted by atomic mass is 32.1. The Bertz CT molecular complexity index is 909. The molecule has 0 aromatic heterocycles. The number of thiocarbonyl (C=S) groups is 1. The van der Waals surface area contributed by atoms with Crippen LogP contribution in [0.4, 0.5) is 5.69 Å². The lowest BCUT2D eigenvalue weighted by atomic mass is 9.90. The van der Waals surface area contributed by atoms with E-state index in [1.54, 1.807) is 0 Å². The molecule has 3 aromatic rings. The number of rotatable bonds is 6. The minimum atomic E-state index is -0.427. The first-order valence-corrected chi connectivity index (χ1v) is 10.4. The Hall–Kier alpha value is -2.98. The van der Waals surface area contributed by atoms with Gasteiger partial charge in [0.05, 0.1) is 5.92 Å². The molecule has 0 aliphatic carbocycles. The predicted octanol–water partition coefficient (Wildman–Crippen LogP) is 5.46. The van der Waals surface area contributed by atoms with Gasteiger partial charge in [0.1, 0.15) is 0 Å². The van der Waals surface area contributed by atoms with E-state index in [4.69, 9.17) is 12.2 Å². The lowest BCUT2D eigenvalue weighted by molar-refractivity contribution is -0.120. The van der Waals surface area contributed by atoms with E-state index in [1.807, 2.05) is 60.7 Å². The Morgan fingerprint density at radius 2 is 1.28 bits per heavy atom. The molecule has 148 valence electrons. The van der Waals surface area contributed by atoms with Crippen molar-refractivity contribution in [2.24, 2.45) is 0 Å². The SMILES string of the molecule is CCc1cccc(CC)c1NC(=S)NC(=O)C(c1ccccc1)c1ccccc1. The van der Waals surface area contributed by atoms with E-state index in [0.717, 1.165) is 29.7 Å². The number of anilines is 1. The minimum absolute atomic E-state index is 0.146. The Balaban J connectivity index is 1.83. The lowest BCUT2D eigenvalue weighted by Crippen LogP contribution is -2.38. The summed E-state index contributed by atoms with van der Waals surface area (Å²) in [5.74, 6) is -0.573. The number of hydrogen-bond acceptors (Lipinski definition) is 2. The molecule has 2 N–H and O–H groups in total. The van der Waals surface area contributed by atoms with Crippen LogP contribution in [0, 0.1) is 0 Å². The largest absolute Gasteiger partial charge is 0.332 e. The van der Waals surface area contributed by atoms with Gasteiger partial charge in [-0.05, 0) is 47.3 Å². The number of benzene rings is 3. The van der Waals surface area contributed by atoms with Gasteiger partial charge in [0.15, 0.2) is 5.11 Å². The molecule has 4 heteroatoms. The maximum absolute atomic E-state index is 13.2. The highest BCUT2D eigenvalue weighted by molar-refractivity contribution is 7.80. The molecular formula is C25H26N2OS. The number of hydrogen-bond donors (Lipinski definition) is 2. The minimum Gasteiger partial charge on any atom is -0.332 e. The van der Waals surface area contributed by atoms with Gasteiger partial charge in [0.2, 0.25) is 5.91 Å². The molecule has 29 heavy (non-hydrogen) atoms. The normalized spacial score (nSPS) is 10.6. The maximum Gasteiger partial charge on any atom is 0.238 e. The first-order chi connectivity index (χ1) is 14.1. The van der Waals surface area contributed by atoms with Gasteiger partial charge < -0.3 is 10.6 Å². The summed E-state index contributed by atoms with van der Waals surface area (Å²) >= 11 is 5.50. The summed E-state index contributed by atoms with van der Waals surface area (Å²) in [7, 11) is 0. The average molecular weight is 403 g/mol. The average Bonchev–Trinajstić information content (AvgIpc) is 2.75. The van der Waals surface area contributed by atoms with E-state index in [0.29, 0.717) is 5.11 Å². The van der Waals surface area contributed by atoms with Gasteiger partial charge in [-0.1, -0.05) is 92.7 Å². The Kier molecular flexibility index (Phi) is 7.14. The molecule has 0 atom stereocenters. The van der Waals surface area contributed by atoms with Crippen LogP contribution < -0.4 is 10.6 Å². The third kappa shape index (κ3) is 5.09. The second-order valence-electron chi connectivity index (χ2n) is 6.86. The lowest BCUT2D eigenvalue weighted by Gasteiger charge is -2.20. The first-order valence-electron chi connectivity index (χ1n) is 9.96. The van der Waals surface area contributed by atoms with E-state index in [9.17, 15) is 4.79 Å². The van der Waals surface area contributed by atoms with E-state index in [2.05, 4.69) is 42.7 Å². The molecular weight excluding hydrogens is 376 g/mol. The molecule has 0 saturated heterocycles. The second kappa shape index (κ2) is 9.99. The fourth-order valence-electron chi connectivity index (χ4n) is 3.52. The summed E-state index contributed by atoms with van der Waals surface area (Å²) in [6.07, 6.45) is 1.78. The summed E-state index contributed by atoms with van der Waals surface area (Å²) in [6, 6.07) is 25.8. The molecule has 0 unspecified atom stereocenters. The zero-order valence-electron chi connectivity index (χ0n) is 16.8. The van der Waals surface area contributed by atoms with Crippen LogP contribution >= 0.6 is 12.2 Å². The van der Waals surface area contributed by atoms with E-state index >= 15 is 0 Å². The molecule has 0 aliphatic heterocycles. The first kappa shape index (κ1) is 20.7. The Labute approximate surface area is 178 Å². The highest BCUT2D eigenvalue weighted by Gasteiger charge is 2.23. The van der Waals surface area contributed by atoms with Crippen LogP contribution in [-0.4, -0.2) is 11.0 Å². The van der Waals surface area contributed by atoms with Crippen molar-refractivity contribution in [3.63, 3.8) is 0 Å². The molecule has 3 nitrogen and oxygen atoms in total. The second-order valence-corrected chi connectivity index (χ2v) is 7.26.